The van der Waals surface area contributed by atoms with E-state index in [4.69, 9.17) is 10.7 Å². The number of hydrogen-bond acceptors (Lipinski definition) is 4. The van der Waals surface area contributed by atoms with Crippen molar-refractivity contribution in [3.8, 4) is 0 Å². The first-order valence-corrected chi connectivity index (χ1v) is 11.8. The Balaban J connectivity index is 2.02. The molecule has 0 saturated heterocycles. The van der Waals surface area contributed by atoms with E-state index < -0.39 is 23.9 Å². The fraction of sp³-hybridized carbons (Fsp3) is 0.407. The fourth-order valence-corrected chi connectivity index (χ4v) is 4.50. The van der Waals surface area contributed by atoms with Gasteiger partial charge in [0.05, 0.1) is 11.4 Å². The number of carbonyl (C=O) groups is 3. The summed E-state index contributed by atoms with van der Waals surface area (Å²) in [5.74, 6) is -2.26. The summed E-state index contributed by atoms with van der Waals surface area (Å²) in [5.41, 5.74) is 8.67. The molecule has 3 N–H and O–H groups in total. The van der Waals surface area contributed by atoms with E-state index in [0.29, 0.717) is 24.2 Å². The summed E-state index contributed by atoms with van der Waals surface area (Å²) in [6, 6.07) is 17.1. The second-order valence-corrected chi connectivity index (χ2v) is 9.20. The third-order valence-corrected chi connectivity index (χ3v) is 6.18. The number of benzene rings is 2. The zero-order valence-electron chi connectivity index (χ0n) is 20.3. The molecule has 0 aromatic heterocycles. The molecule has 0 bridgehead atoms. The summed E-state index contributed by atoms with van der Waals surface area (Å²) < 4.78 is 0. The van der Waals surface area contributed by atoms with Crippen LogP contribution in [-0.2, 0) is 14.4 Å². The van der Waals surface area contributed by atoms with Gasteiger partial charge in [0.15, 0.2) is 0 Å². The summed E-state index contributed by atoms with van der Waals surface area (Å²) in [5, 5.41) is 2.85. The highest BCUT2D eigenvalue weighted by Gasteiger charge is 2.36. The lowest BCUT2D eigenvalue weighted by molar-refractivity contribution is -0.136. The Bertz CT molecular complexity index is 1060. The van der Waals surface area contributed by atoms with Crippen LogP contribution in [0.1, 0.15) is 51.2 Å². The molecule has 0 radical (unpaired) electrons. The van der Waals surface area contributed by atoms with E-state index in [-0.39, 0.29) is 17.7 Å². The molecule has 3 amide bonds. The maximum Gasteiger partial charge on any atom is 0.272 e. The average molecular weight is 463 g/mol. The molecule has 0 unspecified atom stereocenters. The number of nitrogens with two attached hydrogens (primary N) is 1. The van der Waals surface area contributed by atoms with Crippen molar-refractivity contribution < 1.29 is 14.4 Å². The molecule has 7 heteroatoms. The van der Waals surface area contributed by atoms with Crippen LogP contribution in [0.4, 0.5) is 5.69 Å². The number of para-hydroxylation sites is 1. The topological polar surface area (TPSA) is 105 Å². The van der Waals surface area contributed by atoms with Crippen molar-refractivity contribution in [2.75, 3.05) is 11.9 Å². The van der Waals surface area contributed by atoms with Gasteiger partial charge in [0.1, 0.15) is 0 Å². The molecule has 2 aromatic rings. The van der Waals surface area contributed by atoms with E-state index in [0.717, 1.165) is 17.5 Å². The highest BCUT2D eigenvalue weighted by molar-refractivity contribution is 6.20. The molecular weight excluding hydrogens is 428 g/mol. The minimum atomic E-state index is -1.12. The number of likely N-dealkylation sites (N-methyl/N-ethyl adjacent to an activating group) is 1. The van der Waals surface area contributed by atoms with Crippen LogP contribution in [0, 0.1) is 17.8 Å². The Hall–Kier alpha value is -3.48. The number of anilines is 1. The van der Waals surface area contributed by atoms with Gasteiger partial charge in [0.2, 0.25) is 18.0 Å². The van der Waals surface area contributed by atoms with Crippen molar-refractivity contribution in [2.24, 2.45) is 28.5 Å². The third kappa shape index (κ3) is 5.53. The van der Waals surface area contributed by atoms with Gasteiger partial charge in [-0.3, -0.25) is 14.4 Å². The van der Waals surface area contributed by atoms with Gasteiger partial charge < -0.3 is 16.0 Å². The van der Waals surface area contributed by atoms with Crippen LogP contribution < -0.4 is 16.0 Å². The molecular formula is C27H34N4O3. The van der Waals surface area contributed by atoms with Crippen LogP contribution in [0.25, 0.3) is 0 Å². The number of fused-ring (bicyclic) bond motifs is 1. The fourth-order valence-electron chi connectivity index (χ4n) is 4.50. The molecule has 0 saturated carbocycles. The lowest BCUT2D eigenvalue weighted by Crippen LogP contribution is -2.50. The molecule has 0 aliphatic carbocycles. The van der Waals surface area contributed by atoms with Gasteiger partial charge in [-0.25, -0.2) is 4.99 Å². The van der Waals surface area contributed by atoms with Crippen LogP contribution in [0.3, 0.4) is 0 Å². The zero-order valence-corrected chi connectivity index (χ0v) is 20.3. The van der Waals surface area contributed by atoms with E-state index in [2.05, 4.69) is 5.32 Å². The van der Waals surface area contributed by atoms with Crippen molar-refractivity contribution >= 4 is 29.1 Å². The Labute approximate surface area is 201 Å². The summed E-state index contributed by atoms with van der Waals surface area (Å²) in [6.45, 7) is 5.95. The first-order chi connectivity index (χ1) is 16.2. The number of benzodiazepines with no additional fused rings is 1. The van der Waals surface area contributed by atoms with Gasteiger partial charge in [-0.1, -0.05) is 75.7 Å². The molecule has 1 aliphatic heterocycles. The number of carbonyl (C=O) groups excluding carboxylic acids is 3. The molecule has 3 rings (SSSR count). The van der Waals surface area contributed by atoms with Crippen molar-refractivity contribution in [3.05, 3.63) is 65.7 Å². The van der Waals surface area contributed by atoms with E-state index in [1.165, 1.54) is 4.90 Å². The van der Waals surface area contributed by atoms with Crippen LogP contribution in [0.15, 0.2) is 59.6 Å². The Morgan fingerprint density at radius 1 is 1.06 bits per heavy atom. The molecule has 0 spiro atoms. The number of primary amides is 1. The minimum absolute atomic E-state index is 0.176. The average Bonchev–Trinajstić information content (AvgIpc) is 2.92. The molecule has 1 aliphatic rings. The van der Waals surface area contributed by atoms with Crippen LogP contribution in [0.2, 0.25) is 0 Å². The number of amides is 3. The maximum atomic E-state index is 13.5. The highest BCUT2D eigenvalue weighted by atomic mass is 16.2. The van der Waals surface area contributed by atoms with Crippen molar-refractivity contribution in [1.29, 1.82) is 0 Å². The standard InChI is InChI=1S/C27H34N4O3/c1-5-11-19(24(28)32)21(16-17(2)3)26(33)30-25-27(34)31(4)22-15-10-9-14-20(22)23(29-25)18-12-7-6-8-13-18/h6-10,12-15,17,19,21,25H,5,11,16H2,1-4H3,(H2,28,32)(H,30,33)/t19-,21-,25-/m0/s1. The van der Waals surface area contributed by atoms with Gasteiger partial charge in [0, 0.05) is 30.0 Å². The summed E-state index contributed by atoms with van der Waals surface area (Å²) in [6.07, 6.45) is 0.616. The van der Waals surface area contributed by atoms with Gasteiger partial charge >= 0.3 is 0 Å². The Morgan fingerprint density at radius 3 is 2.32 bits per heavy atom. The third-order valence-electron chi connectivity index (χ3n) is 6.18. The lowest BCUT2D eigenvalue weighted by atomic mass is 9.81. The predicted molar refractivity (Wildman–Crippen MR) is 134 cm³/mol. The Morgan fingerprint density at radius 2 is 1.71 bits per heavy atom. The number of nitrogens with one attached hydrogen (secondary N) is 1. The normalized spacial score (nSPS) is 17.4. The zero-order chi connectivity index (χ0) is 24.8. The number of rotatable bonds is 9. The lowest BCUT2D eigenvalue weighted by Gasteiger charge is -2.27. The number of aliphatic imine (C=N–C) groups is 1. The van der Waals surface area contributed by atoms with Crippen LogP contribution in [0.5, 0.6) is 0 Å². The molecule has 1 heterocycles. The van der Waals surface area contributed by atoms with Crippen molar-refractivity contribution in [2.45, 2.75) is 46.2 Å². The first-order valence-electron chi connectivity index (χ1n) is 11.8. The smallest absolute Gasteiger partial charge is 0.272 e. The Kier molecular flexibility index (Phi) is 8.21. The second-order valence-electron chi connectivity index (χ2n) is 9.20. The first kappa shape index (κ1) is 25.1. The van der Waals surface area contributed by atoms with Crippen molar-refractivity contribution in [1.82, 2.24) is 5.32 Å². The summed E-state index contributed by atoms with van der Waals surface area (Å²) in [4.78, 5) is 45.4. The van der Waals surface area contributed by atoms with Crippen molar-refractivity contribution in [3.63, 3.8) is 0 Å². The number of nitrogens with zero attached hydrogens (tertiary/aromatic N) is 2. The second kappa shape index (κ2) is 11.1. The van der Waals surface area contributed by atoms with Gasteiger partial charge in [-0.2, -0.15) is 0 Å². The van der Waals surface area contributed by atoms with Gasteiger partial charge in [0.25, 0.3) is 5.91 Å². The largest absolute Gasteiger partial charge is 0.369 e. The molecule has 180 valence electrons. The van der Waals surface area contributed by atoms with Crippen LogP contribution >= 0.6 is 0 Å². The summed E-state index contributed by atoms with van der Waals surface area (Å²) in [7, 11) is 1.68. The van der Waals surface area contributed by atoms with Crippen LogP contribution in [-0.4, -0.2) is 36.6 Å². The van der Waals surface area contributed by atoms with Gasteiger partial charge in [-0.15, -0.1) is 0 Å². The SMILES string of the molecule is CCC[C@H](C(N)=O)[C@H](CC(C)C)C(=O)N[C@@H]1N=C(c2ccccc2)c2ccccc2N(C)C1=O. The molecule has 3 atom stereocenters. The van der Waals surface area contributed by atoms with E-state index in [1.54, 1.807) is 7.05 Å². The van der Waals surface area contributed by atoms with E-state index >= 15 is 0 Å². The number of hydrogen-bond donors (Lipinski definition) is 2. The molecule has 2 aromatic carbocycles. The predicted octanol–water partition coefficient (Wildman–Crippen LogP) is 3.51. The molecule has 0 fully saturated rings. The summed E-state index contributed by atoms with van der Waals surface area (Å²) >= 11 is 0. The molecule has 7 nitrogen and oxygen atoms in total. The quantitative estimate of drug-likeness (QED) is 0.596. The van der Waals surface area contributed by atoms with E-state index in [1.807, 2.05) is 75.4 Å². The monoisotopic (exact) mass is 462 g/mol. The minimum Gasteiger partial charge on any atom is -0.369 e. The molecule has 34 heavy (non-hydrogen) atoms. The highest BCUT2D eigenvalue weighted by Crippen LogP contribution is 2.29. The van der Waals surface area contributed by atoms with Gasteiger partial charge in [-0.05, 0) is 24.8 Å². The van der Waals surface area contributed by atoms with E-state index in [9.17, 15) is 14.4 Å². The maximum absolute atomic E-state index is 13.5.